The molecule has 88 valence electrons. The molecule has 0 aromatic heterocycles. The van der Waals surface area contributed by atoms with Crippen LogP contribution in [0.25, 0.3) is 0 Å². The summed E-state index contributed by atoms with van der Waals surface area (Å²) in [4.78, 5) is 24.2. The van der Waals surface area contributed by atoms with E-state index < -0.39 is 0 Å². The topological polar surface area (TPSA) is 70.0 Å². The first kappa shape index (κ1) is 11.3. The second-order valence-corrected chi connectivity index (χ2v) is 3.86. The fourth-order valence-electron chi connectivity index (χ4n) is 1.77. The lowest BCUT2D eigenvalue weighted by Crippen LogP contribution is -2.28. The van der Waals surface area contributed by atoms with E-state index in [1.165, 1.54) is 4.90 Å². The zero-order chi connectivity index (χ0) is 12.4. The normalized spacial score (nSPS) is 16.8. The summed E-state index contributed by atoms with van der Waals surface area (Å²) in [6, 6.07) is 6.77. The van der Waals surface area contributed by atoms with E-state index in [4.69, 9.17) is 5.21 Å². The number of imide groups is 1. The van der Waals surface area contributed by atoms with Crippen molar-refractivity contribution in [1.29, 1.82) is 0 Å². The van der Waals surface area contributed by atoms with E-state index in [1.807, 2.05) is 0 Å². The van der Waals surface area contributed by atoms with Gasteiger partial charge in [0.2, 0.25) is 11.8 Å². The van der Waals surface area contributed by atoms with Gasteiger partial charge in [0.15, 0.2) is 0 Å². The molecule has 1 heterocycles. The molecule has 0 spiro atoms. The minimum absolute atomic E-state index is 0.171. The summed E-state index contributed by atoms with van der Waals surface area (Å²) in [5.74, 6) is -0.342. The van der Waals surface area contributed by atoms with Gasteiger partial charge in [0.1, 0.15) is 0 Å². The van der Waals surface area contributed by atoms with Crippen molar-refractivity contribution in [1.82, 2.24) is 0 Å². The van der Waals surface area contributed by atoms with Gasteiger partial charge in [-0.2, -0.15) is 0 Å². The number of anilines is 1. The molecule has 1 saturated heterocycles. The van der Waals surface area contributed by atoms with E-state index in [-0.39, 0.29) is 24.7 Å². The Bertz CT molecular complexity index is 475. The zero-order valence-corrected chi connectivity index (χ0v) is 9.38. The van der Waals surface area contributed by atoms with Gasteiger partial charge in [0.05, 0.1) is 11.4 Å². The largest absolute Gasteiger partial charge is 0.411 e. The molecule has 0 radical (unpaired) electrons. The number of nitrogens with zero attached hydrogens (tertiary/aromatic N) is 2. The van der Waals surface area contributed by atoms with Crippen molar-refractivity contribution in [2.24, 2.45) is 5.16 Å². The highest BCUT2D eigenvalue weighted by Gasteiger charge is 2.29. The molecule has 0 aliphatic carbocycles. The summed E-state index contributed by atoms with van der Waals surface area (Å²) in [5.41, 5.74) is 1.79. The molecule has 1 N–H and O–H groups in total. The number of oxime groups is 1. The van der Waals surface area contributed by atoms with Crippen LogP contribution in [0.4, 0.5) is 5.69 Å². The molecule has 1 aromatic rings. The fraction of sp³-hybridized carbons (Fsp3) is 0.250. The van der Waals surface area contributed by atoms with Gasteiger partial charge in [0.25, 0.3) is 0 Å². The van der Waals surface area contributed by atoms with E-state index in [0.29, 0.717) is 11.4 Å². The van der Waals surface area contributed by atoms with Gasteiger partial charge in [-0.3, -0.25) is 14.5 Å². The Balaban J connectivity index is 2.29. The molecule has 0 bridgehead atoms. The zero-order valence-electron chi connectivity index (χ0n) is 9.38. The number of benzene rings is 1. The van der Waals surface area contributed by atoms with Crippen molar-refractivity contribution in [2.75, 3.05) is 4.90 Å². The van der Waals surface area contributed by atoms with E-state index >= 15 is 0 Å². The molecule has 5 nitrogen and oxygen atoms in total. The van der Waals surface area contributed by atoms with E-state index in [0.717, 1.165) is 5.56 Å². The average molecular weight is 232 g/mol. The second-order valence-electron chi connectivity index (χ2n) is 3.86. The number of hydrogen-bond donors (Lipinski definition) is 1. The van der Waals surface area contributed by atoms with Crippen LogP contribution in [0.5, 0.6) is 0 Å². The van der Waals surface area contributed by atoms with Crippen molar-refractivity contribution >= 4 is 23.2 Å². The molecule has 1 aliphatic rings. The maximum absolute atomic E-state index is 11.5. The lowest BCUT2D eigenvalue weighted by molar-refractivity contribution is -0.121. The summed E-state index contributed by atoms with van der Waals surface area (Å²) in [7, 11) is 0. The SMILES string of the molecule is CC(=NO)c1ccc(N2C(=O)CCC2=O)cc1. The van der Waals surface area contributed by atoms with Gasteiger partial charge in [-0.25, -0.2) is 0 Å². The van der Waals surface area contributed by atoms with Crippen molar-refractivity contribution in [3.05, 3.63) is 29.8 Å². The number of hydrogen-bond acceptors (Lipinski definition) is 4. The fourth-order valence-corrected chi connectivity index (χ4v) is 1.77. The number of rotatable bonds is 2. The van der Waals surface area contributed by atoms with Crippen molar-refractivity contribution in [2.45, 2.75) is 19.8 Å². The quantitative estimate of drug-likeness (QED) is 0.364. The highest BCUT2D eigenvalue weighted by molar-refractivity contribution is 6.19. The van der Waals surface area contributed by atoms with Gasteiger partial charge in [-0.05, 0) is 24.6 Å². The number of carbonyl (C=O) groups is 2. The summed E-state index contributed by atoms with van der Waals surface area (Å²) in [5, 5.41) is 11.7. The van der Waals surface area contributed by atoms with Crippen LogP contribution in [-0.4, -0.2) is 22.7 Å². The summed E-state index contributed by atoms with van der Waals surface area (Å²) in [6.45, 7) is 1.67. The number of carbonyl (C=O) groups excluding carboxylic acids is 2. The van der Waals surface area contributed by atoms with Crippen LogP contribution in [0.3, 0.4) is 0 Å². The van der Waals surface area contributed by atoms with Crippen molar-refractivity contribution < 1.29 is 14.8 Å². The second kappa shape index (κ2) is 4.37. The molecule has 5 heteroatoms. The average Bonchev–Trinajstić information content (AvgIpc) is 2.68. The molecular weight excluding hydrogens is 220 g/mol. The van der Waals surface area contributed by atoms with Crippen LogP contribution in [0.15, 0.2) is 29.4 Å². The van der Waals surface area contributed by atoms with Gasteiger partial charge < -0.3 is 5.21 Å². The first-order valence-corrected chi connectivity index (χ1v) is 5.28. The Morgan fingerprint density at radius 1 is 1.18 bits per heavy atom. The lowest BCUT2D eigenvalue weighted by Gasteiger charge is -2.13. The van der Waals surface area contributed by atoms with E-state index in [2.05, 4.69) is 5.16 Å². The van der Waals surface area contributed by atoms with Crippen molar-refractivity contribution in [3.63, 3.8) is 0 Å². The minimum atomic E-state index is -0.171. The van der Waals surface area contributed by atoms with Crippen LogP contribution >= 0.6 is 0 Å². The van der Waals surface area contributed by atoms with E-state index in [9.17, 15) is 9.59 Å². The van der Waals surface area contributed by atoms with Crippen molar-refractivity contribution in [3.8, 4) is 0 Å². The van der Waals surface area contributed by atoms with Crippen LogP contribution in [-0.2, 0) is 9.59 Å². The third-order valence-corrected chi connectivity index (χ3v) is 2.74. The Morgan fingerprint density at radius 3 is 2.18 bits per heavy atom. The van der Waals surface area contributed by atoms with Gasteiger partial charge in [-0.1, -0.05) is 17.3 Å². The molecule has 2 rings (SSSR count). The molecule has 0 unspecified atom stereocenters. The predicted octanol–water partition coefficient (Wildman–Crippen LogP) is 1.54. The minimum Gasteiger partial charge on any atom is -0.411 e. The maximum atomic E-state index is 11.5. The molecule has 0 saturated carbocycles. The summed E-state index contributed by atoms with van der Waals surface area (Å²) >= 11 is 0. The Hall–Kier alpha value is -2.17. The smallest absolute Gasteiger partial charge is 0.234 e. The molecule has 1 aliphatic heterocycles. The first-order chi connectivity index (χ1) is 8.13. The third kappa shape index (κ3) is 2.04. The standard InChI is InChI=1S/C12H12N2O3/c1-8(13-17)9-2-4-10(5-3-9)14-11(15)6-7-12(14)16/h2-5,17H,6-7H2,1H3. The molecule has 1 fully saturated rings. The van der Waals surface area contributed by atoms with Gasteiger partial charge in [-0.15, -0.1) is 0 Å². The molecule has 1 aromatic carbocycles. The predicted molar refractivity (Wildman–Crippen MR) is 62.2 cm³/mol. The summed E-state index contributed by atoms with van der Waals surface area (Å²) in [6.07, 6.45) is 0.551. The number of amides is 2. The van der Waals surface area contributed by atoms with Crippen LogP contribution in [0, 0.1) is 0 Å². The molecule has 17 heavy (non-hydrogen) atoms. The molecule has 2 amide bonds. The third-order valence-electron chi connectivity index (χ3n) is 2.74. The summed E-state index contributed by atoms with van der Waals surface area (Å²) < 4.78 is 0. The van der Waals surface area contributed by atoms with Gasteiger partial charge in [0, 0.05) is 12.8 Å². The lowest BCUT2D eigenvalue weighted by atomic mass is 10.1. The van der Waals surface area contributed by atoms with Gasteiger partial charge >= 0.3 is 0 Å². The maximum Gasteiger partial charge on any atom is 0.234 e. The van der Waals surface area contributed by atoms with E-state index in [1.54, 1.807) is 31.2 Å². The van der Waals surface area contributed by atoms with Crippen LogP contribution in [0.2, 0.25) is 0 Å². The Kier molecular flexibility index (Phi) is 2.91. The monoisotopic (exact) mass is 232 g/mol. The van der Waals surface area contributed by atoms with Crippen LogP contribution < -0.4 is 4.90 Å². The molecular formula is C12H12N2O3. The Morgan fingerprint density at radius 2 is 1.71 bits per heavy atom. The first-order valence-electron chi connectivity index (χ1n) is 5.28. The highest BCUT2D eigenvalue weighted by Crippen LogP contribution is 2.22. The molecule has 0 atom stereocenters. The van der Waals surface area contributed by atoms with Crippen LogP contribution in [0.1, 0.15) is 25.3 Å². The highest BCUT2D eigenvalue weighted by atomic mass is 16.4. The Labute approximate surface area is 98.3 Å².